The highest BCUT2D eigenvalue weighted by molar-refractivity contribution is 5.93. The summed E-state index contributed by atoms with van der Waals surface area (Å²) < 4.78 is 12.5. The average Bonchev–Trinajstić information content (AvgIpc) is 2.99. The Hall–Kier alpha value is -2.67. The van der Waals surface area contributed by atoms with E-state index < -0.39 is 12.1 Å². The van der Waals surface area contributed by atoms with Crippen LogP contribution < -0.4 is 0 Å². The molecule has 0 saturated carbocycles. The zero-order valence-corrected chi connectivity index (χ0v) is 14.3. The standard InChI is InChI=1S/C18H21N3O4/c1-13-15(12-19-20(13)2)18(23)25-16(14-6-4-3-5-7-14)17(22)21-8-10-24-11-9-21/h3-7,12,16H,8-11H2,1-2H3/t16-/m1/s1. The lowest BCUT2D eigenvalue weighted by Gasteiger charge is -2.30. The largest absolute Gasteiger partial charge is 0.444 e. The van der Waals surface area contributed by atoms with Crippen LogP contribution in [-0.4, -0.2) is 52.9 Å². The topological polar surface area (TPSA) is 73.7 Å². The van der Waals surface area contributed by atoms with Gasteiger partial charge in [0.05, 0.1) is 19.4 Å². The number of rotatable bonds is 4. The van der Waals surface area contributed by atoms with E-state index in [4.69, 9.17) is 9.47 Å². The summed E-state index contributed by atoms with van der Waals surface area (Å²) in [5.41, 5.74) is 1.70. The first-order valence-electron chi connectivity index (χ1n) is 8.19. The van der Waals surface area contributed by atoms with E-state index in [1.165, 1.54) is 6.20 Å². The van der Waals surface area contributed by atoms with E-state index in [1.807, 2.05) is 18.2 Å². The number of nitrogens with zero attached hydrogens (tertiary/aromatic N) is 3. The number of aromatic nitrogens is 2. The molecule has 1 atom stereocenters. The van der Waals surface area contributed by atoms with Crippen molar-refractivity contribution in [2.45, 2.75) is 13.0 Å². The predicted octanol–water partition coefficient (Wildman–Crippen LogP) is 1.49. The number of morpholine rings is 1. The first kappa shape index (κ1) is 17.2. The second-order valence-electron chi connectivity index (χ2n) is 5.90. The van der Waals surface area contributed by atoms with Crippen molar-refractivity contribution in [3.05, 3.63) is 53.3 Å². The van der Waals surface area contributed by atoms with Gasteiger partial charge in [0.25, 0.3) is 5.91 Å². The minimum atomic E-state index is -0.980. The summed E-state index contributed by atoms with van der Waals surface area (Å²) in [6.07, 6.45) is 0.477. The maximum Gasteiger partial charge on any atom is 0.342 e. The molecule has 7 heteroatoms. The summed E-state index contributed by atoms with van der Waals surface area (Å²) in [5.74, 6) is -0.787. The van der Waals surface area contributed by atoms with Gasteiger partial charge >= 0.3 is 5.97 Å². The third-order valence-electron chi connectivity index (χ3n) is 4.33. The summed E-state index contributed by atoms with van der Waals surface area (Å²) in [6, 6.07) is 9.06. The third kappa shape index (κ3) is 3.71. The van der Waals surface area contributed by atoms with Crippen molar-refractivity contribution >= 4 is 11.9 Å². The second-order valence-corrected chi connectivity index (χ2v) is 5.90. The van der Waals surface area contributed by atoms with Crippen LogP contribution >= 0.6 is 0 Å². The fraction of sp³-hybridized carbons (Fsp3) is 0.389. The lowest BCUT2D eigenvalue weighted by atomic mass is 10.1. The fourth-order valence-corrected chi connectivity index (χ4v) is 2.71. The van der Waals surface area contributed by atoms with Crippen molar-refractivity contribution in [1.82, 2.24) is 14.7 Å². The van der Waals surface area contributed by atoms with Crippen LogP contribution in [0.15, 0.2) is 36.5 Å². The van der Waals surface area contributed by atoms with Gasteiger partial charge in [0.15, 0.2) is 0 Å². The number of carbonyl (C=O) groups excluding carboxylic acids is 2. The van der Waals surface area contributed by atoms with Crippen LogP contribution in [0.3, 0.4) is 0 Å². The van der Waals surface area contributed by atoms with Crippen LogP contribution in [0.25, 0.3) is 0 Å². The van der Waals surface area contributed by atoms with Gasteiger partial charge in [-0.1, -0.05) is 30.3 Å². The Bertz CT molecular complexity index is 751. The molecule has 3 rings (SSSR count). The molecular weight excluding hydrogens is 322 g/mol. The summed E-state index contributed by atoms with van der Waals surface area (Å²) in [6.45, 7) is 3.74. The molecule has 1 aliphatic rings. The molecule has 0 radical (unpaired) electrons. The lowest BCUT2D eigenvalue weighted by molar-refractivity contribution is -0.145. The fourth-order valence-electron chi connectivity index (χ4n) is 2.71. The van der Waals surface area contributed by atoms with Gasteiger partial charge in [-0.15, -0.1) is 0 Å². The van der Waals surface area contributed by atoms with Gasteiger partial charge < -0.3 is 14.4 Å². The van der Waals surface area contributed by atoms with Gasteiger partial charge in [-0.05, 0) is 6.92 Å². The monoisotopic (exact) mass is 343 g/mol. The molecule has 132 valence electrons. The van der Waals surface area contributed by atoms with Gasteiger partial charge in [0, 0.05) is 31.4 Å². The Morgan fingerprint density at radius 1 is 1.20 bits per heavy atom. The highest BCUT2D eigenvalue weighted by atomic mass is 16.5. The molecule has 1 aromatic carbocycles. The van der Waals surface area contributed by atoms with Gasteiger partial charge in [-0.3, -0.25) is 9.48 Å². The van der Waals surface area contributed by atoms with Gasteiger partial charge in [-0.2, -0.15) is 5.10 Å². The maximum absolute atomic E-state index is 12.9. The van der Waals surface area contributed by atoms with E-state index in [0.29, 0.717) is 43.1 Å². The molecule has 0 spiro atoms. The van der Waals surface area contributed by atoms with E-state index in [2.05, 4.69) is 5.10 Å². The molecule has 1 aliphatic heterocycles. The SMILES string of the molecule is Cc1c(C(=O)O[C@@H](C(=O)N2CCOCC2)c2ccccc2)cnn1C. The Morgan fingerprint density at radius 2 is 1.88 bits per heavy atom. The minimum absolute atomic E-state index is 0.232. The molecule has 2 heterocycles. The Balaban J connectivity index is 1.85. The Labute approximate surface area is 146 Å². The molecule has 25 heavy (non-hydrogen) atoms. The quantitative estimate of drug-likeness (QED) is 0.786. The number of carbonyl (C=O) groups is 2. The minimum Gasteiger partial charge on any atom is -0.444 e. The zero-order valence-electron chi connectivity index (χ0n) is 14.3. The van der Waals surface area contributed by atoms with Gasteiger partial charge in [0.1, 0.15) is 5.56 Å². The number of benzene rings is 1. The van der Waals surface area contributed by atoms with Crippen LogP contribution in [0.5, 0.6) is 0 Å². The summed E-state index contributed by atoms with van der Waals surface area (Å²) in [4.78, 5) is 27.2. The Kier molecular flexibility index (Phi) is 5.14. The van der Waals surface area contributed by atoms with Crippen molar-refractivity contribution in [2.75, 3.05) is 26.3 Å². The van der Waals surface area contributed by atoms with E-state index in [-0.39, 0.29) is 5.91 Å². The molecular formula is C18H21N3O4. The van der Waals surface area contributed by atoms with Crippen LogP contribution in [0, 0.1) is 6.92 Å². The molecule has 2 aromatic rings. The van der Waals surface area contributed by atoms with Crippen molar-refractivity contribution in [2.24, 2.45) is 7.05 Å². The predicted molar refractivity (Wildman–Crippen MR) is 89.9 cm³/mol. The maximum atomic E-state index is 12.9. The van der Waals surface area contributed by atoms with Crippen LogP contribution in [0.4, 0.5) is 0 Å². The number of ether oxygens (including phenoxy) is 2. The number of esters is 1. The van der Waals surface area contributed by atoms with Crippen molar-refractivity contribution in [3.63, 3.8) is 0 Å². The molecule has 0 aliphatic carbocycles. The molecule has 7 nitrogen and oxygen atoms in total. The highest BCUT2D eigenvalue weighted by Gasteiger charge is 2.31. The van der Waals surface area contributed by atoms with Crippen LogP contribution in [-0.2, 0) is 21.3 Å². The van der Waals surface area contributed by atoms with Crippen molar-refractivity contribution in [3.8, 4) is 0 Å². The third-order valence-corrected chi connectivity index (χ3v) is 4.33. The summed E-state index contributed by atoms with van der Waals surface area (Å²) in [5, 5.41) is 4.06. The first-order chi connectivity index (χ1) is 12.1. The lowest BCUT2D eigenvalue weighted by Crippen LogP contribution is -2.44. The smallest absolute Gasteiger partial charge is 0.342 e. The molecule has 0 bridgehead atoms. The highest BCUT2D eigenvalue weighted by Crippen LogP contribution is 2.23. The van der Waals surface area contributed by atoms with E-state index in [1.54, 1.807) is 35.7 Å². The second kappa shape index (κ2) is 7.48. The van der Waals surface area contributed by atoms with E-state index >= 15 is 0 Å². The average molecular weight is 343 g/mol. The van der Waals surface area contributed by atoms with Crippen molar-refractivity contribution in [1.29, 1.82) is 0 Å². The van der Waals surface area contributed by atoms with Gasteiger partial charge in [0.2, 0.25) is 6.10 Å². The summed E-state index contributed by atoms with van der Waals surface area (Å²) in [7, 11) is 1.75. The summed E-state index contributed by atoms with van der Waals surface area (Å²) >= 11 is 0. The van der Waals surface area contributed by atoms with Gasteiger partial charge in [-0.25, -0.2) is 4.79 Å². The molecule has 1 aromatic heterocycles. The number of amides is 1. The molecule has 1 amide bonds. The zero-order chi connectivity index (χ0) is 17.8. The van der Waals surface area contributed by atoms with Crippen molar-refractivity contribution < 1.29 is 19.1 Å². The molecule has 0 unspecified atom stereocenters. The van der Waals surface area contributed by atoms with E-state index in [0.717, 1.165) is 0 Å². The molecule has 1 fully saturated rings. The van der Waals surface area contributed by atoms with Crippen LogP contribution in [0.2, 0.25) is 0 Å². The van der Waals surface area contributed by atoms with E-state index in [9.17, 15) is 9.59 Å². The Morgan fingerprint density at radius 3 is 2.48 bits per heavy atom. The number of hydrogen-bond acceptors (Lipinski definition) is 5. The molecule has 0 N–H and O–H groups in total. The number of aryl methyl sites for hydroxylation is 1. The number of hydrogen-bond donors (Lipinski definition) is 0. The normalized spacial score (nSPS) is 15.7. The molecule has 1 saturated heterocycles. The first-order valence-corrected chi connectivity index (χ1v) is 8.19. The van der Waals surface area contributed by atoms with Crippen LogP contribution in [0.1, 0.15) is 27.7 Å².